The number of rotatable bonds is 4. The summed E-state index contributed by atoms with van der Waals surface area (Å²) in [6.07, 6.45) is 3.07. The lowest BCUT2D eigenvalue weighted by molar-refractivity contribution is 0.0947. The van der Waals surface area contributed by atoms with Crippen molar-refractivity contribution in [2.45, 2.75) is 37.2 Å². The van der Waals surface area contributed by atoms with Crippen molar-refractivity contribution in [3.05, 3.63) is 0 Å². The molecule has 0 spiro atoms. The Hall–Kier alpha value is 0.260. The average Bonchev–Trinajstić information content (AvgIpc) is 2.75. The molecular formula is C9H18O7P2. The van der Waals surface area contributed by atoms with Crippen LogP contribution < -0.4 is 0 Å². The summed E-state index contributed by atoms with van der Waals surface area (Å²) in [5, 5.41) is 6.62. The molecule has 106 valence electrons. The topological polar surface area (TPSA) is 135 Å². The minimum Gasteiger partial charge on any atom is -0.368 e. The van der Waals surface area contributed by atoms with Crippen LogP contribution in [0.15, 0.2) is 0 Å². The molecule has 0 aromatic heterocycles. The summed E-state index contributed by atoms with van der Waals surface area (Å²) in [4.78, 5) is 36.3. The predicted molar refractivity (Wildman–Crippen MR) is 62.6 cm³/mol. The van der Waals surface area contributed by atoms with Gasteiger partial charge in [0.2, 0.25) is 0 Å². The van der Waals surface area contributed by atoms with Gasteiger partial charge < -0.3 is 24.7 Å². The van der Waals surface area contributed by atoms with Crippen LogP contribution in [0.2, 0.25) is 0 Å². The molecule has 2 aliphatic rings. The minimum atomic E-state index is -5.29. The highest BCUT2D eigenvalue weighted by molar-refractivity contribution is 7.72. The van der Waals surface area contributed by atoms with Crippen LogP contribution in [0.3, 0.4) is 0 Å². The molecule has 2 aliphatic carbocycles. The van der Waals surface area contributed by atoms with Gasteiger partial charge in [-0.25, -0.2) is 0 Å². The first-order chi connectivity index (χ1) is 8.04. The van der Waals surface area contributed by atoms with Gasteiger partial charge in [-0.15, -0.1) is 0 Å². The van der Waals surface area contributed by atoms with Gasteiger partial charge in [0, 0.05) is 6.42 Å². The van der Waals surface area contributed by atoms with Crippen LogP contribution in [0.5, 0.6) is 0 Å². The second-order valence-electron chi connectivity index (χ2n) is 5.50. The Morgan fingerprint density at radius 3 is 1.89 bits per heavy atom. The van der Waals surface area contributed by atoms with E-state index >= 15 is 0 Å². The summed E-state index contributed by atoms with van der Waals surface area (Å²) >= 11 is 0. The summed E-state index contributed by atoms with van der Waals surface area (Å²) in [5.74, 6) is 0.478. The smallest absolute Gasteiger partial charge is 0.368 e. The van der Waals surface area contributed by atoms with Gasteiger partial charge in [0.25, 0.3) is 5.08 Å². The van der Waals surface area contributed by atoms with Gasteiger partial charge in [0.15, 0.2) is 0 Å². The van der Waals surface area contributed by atoms with Crippen LogP contribution in [-0.2, 0) is 9.13 Å². The van der Waals surface area contributed by atoms with Crippen molar-refractivity contribution in [2.75, 3.05) is 0 Å². The number of hydrogen-bond donors (Lipinski definition) is 5. The van der Waals surface area contributed by atoms with E-state index in [9.17, 15) is 14.2 Å². The molecule has 0 saturated heterocycles. The van der Waals surface area contributed by atoms with Crippen LogP contribution in [0.25, 0.3) is 0 Å². The van der Waals surface area contributed by atoms with Crippen molar-refractivity contribution >= 4 is 15.2 Å². The maximum atomic E-state index is 11.2. The second-order valence-corrected chi connectivity index (χ2v) is 9.51. The summed E-state index contributed by atoms with van der Waals surface area (Å²) < 4.78 is 22.5. The van der Waals surface area contributed by atoms with E-state index in [1.165, 1.54) is 0 Å². The standard InChI is InChI=1S/C9H18O7P2/c10-9(17(11,12)13,18(14,15)16)5-8-4-6-1-2-7(8)3-6/h6-8,10H,1-5H2,(H2,11,12,13)(H2,14,15,16). The maximum Gasteiger partial charge on any atom is 0.369 e. The van der Waals surface area contributed by atoms with Crippen LogP contribution >= 0.6 is 15.2 Å². The molecule has 0 radical (unpaired) electrons. The van der Waals surface area contributed by atoms with Crippen LogP contribution in [-0.4, -0.2) is 29.8 Å². The molecule has 2 fully saturated rings. The van der Waals surface area contributed by atoms with E-state index in [4.69, 9.17) is 19.6 Å². The molecule has 7 nitrogen and oxygen atoms in total. The highest BCUT2D eigenvalue weighted by Gasteiger charge is 2.61. The SMILES string of the molecule is O=P(O)(O)C(O)(CC1CC2CCC1C2)P(=O)(O)O. The Bertz CT molecular complexity index is 403. The molecular weight excluding hydrogens is 282 g/mol. The first-order valence-electron chi connectivity index (χ1n) is 5.88. The van der Waals surface area contributed by atoms with Crippen LogP contribution in [0, 0.1) is 17.8 Å². The zero-order chi connectivity index (χ0) is 13.8. The maximum absolute atomic E-state index is 11.2. The van der Waals surface area contributed by atoms with Gasteiger partial charge in [-0.1, -0.05) is 6.42 Å². The average molecular weight is 300 g/mol. The van der Waals surface area contributed by atoms with Gasteiger partial charge in [-0.05, 0) is 37.0 Å². The Labute approximate surface area is 105 Å². The Morgan fingerprint density at radius 2 is 1.56 bits per heavy atom. The molecule has 0 aromatic rings. The molecule has 9 heteroatoms. The lowest BCUT2D eigenvalue weighted by Crippen LogP contribution is -2.33. The lowest BCUT2D eigenvalue weighted by atomic mass is 9.86. The van der Waals surface area contributed by atoms with Crippen molar-refractivity contribution in [3.63, 3.8) is 0 Å². The van der Waals surface area contributed by atoms with Gasteiger partial charge in [-0.2, -0.15) is 0 Å². The number of fused-ring (bicyclic) bond motifs is 2. The van der Waals surface area contributed by atoms with Gasteiger partial charge in [0.05, 0.1) is 0 Å². The second kappa shape index (κ2) is 4.38. The summed E-state index contributed by atoms with van der Waals surface area (Å²) in [6.45, 7) is 0. The molecule has 18 heavy (non-hydrogen) atoms. The lowest BCUT2D eigenvalue weighted by Gasteiger charge is -2.34. The van der Waals surface area contributed by atoms with Crippen molar-refractivity contribution < 1.29 is 33.8 Å². The third-order valence-electron chi connectivity index (χ3n) is 4.35. The molecule has 5 N–H and O–H groups in total. The van der Waals surface area contributed by atoms with Crippen molar-refractivity contribution in [2.24, 2.45) is 17.8 Å². The molecule has 2 saturated carbocycles. The third-order valence-corrected chi connectivity index (χ3v) is 8.15. The van der Waals surface area contributed by atoms with E-state index in [1.807, 2.05) is 0 Å². The molecule has 2 bridgehead atoms. The van der Waals surface area contributed by atoms with E-state index < -0.39 is 26.7 Å². The molecule has 0 aliphatic heterocycles. The predicted octanol–water partition coefficient (Wildman–Crippen LogP) is 0.814. The first-order valence-corrected chi connectivity index (χ1v) is 9.11. The van der Waals surface area contributed by atoms with E-state index in [0.29, 0.717) is 12.3 Å². The van der Waals surface area contributed by atoms with Crippen LogP contribution in [0.1, 0.15) is 32.1 Å². The fourth-order valence-electron chi connectivity index (χ4n) is 3.39. The third kappa shape index (κ3) is 2.34. The van der Waals surface area contributed by atoms with Gasteiger partial charge in [0.1, 0.15) is 0 Å². The van der Waals surface area contributed by atoms with E-state index in [1.54, 1.807) is 0 Å². The number of hydrogen-bond acceptors (Lipinski definition) is 3. The number of aliphatic hydroxyl groups is 1. The highest BCUT2D eigenvalue weighted by atomic mass is 31.2. The Kier molecular flexibility index (Phi) is 3.57. The first kappa shape index (κ1) is 14.7. The molecule has 0 aromatic carbocycles. The fraction of sp³-hybridized carbons (Fsp3) is 1.00. The Balaban J connectivity index is 2.22. The van der Waals surface area contributed by atoms with Crippen molar-refractivity contribution in [1.29, 1.82) is 0 Å². The van der Waals surface area contributed by atoms with Crippen LogP contribution in [0.4, 0.5) is 0 Å². The zero-order valence-corrected chi connectivity index (χ0v) is 11.5. The van der Waals surface area contributed by atoms with E-state index in [-0.39, 0.29) is 11.8 Å². The fourth-order valence-corrected chi connectivity index (χ4v) is 5.69. The summed E-state index contributed by atoms with van der Waals surface area (Å²) in [5.41, 5.74) is 0. The quantitative estimate of drug-likeness (QED) is 0.485. The monoisotopic (exact) mass is 300 g/mol. The molecule has 0 amide bonds. The molecule has 3 atom stereocenters. The van der Waals surface area contributed by atoms with E-state index in [0.717, 1.165) is 19.3 Å². The largest absolute Gasteiger partial charge is 0.369 e. The van der Waals surface area contributed by atoms with Gasteiger partial charge in [-0.3, -0.25) is 9.13 Å². The summed E-state index contributed by atoms with van der Waals surface area (Å²) in [6, 6.07) is 0. The van der Waals surface area contributed by atoms with Crippen molar-refractivity contribution in [1.82, 2.24) is 0 Å². The Morgan fingerprint density at radius 1 is 1.00 bits per heavy atom. The van der Waals surface area contributed by atoms with Crippen molar-refractivity contribution in [3.8, 4) is 0 Å². The normalized spacial score (nSPS) is 33.1. The molecule has 0 heterocycles. The molecule has 3 unspecified atom stereocenters. The van der Waals surface area contributed by atoms with Gasteiger partial charge >= 0.3 is 15.2 Å². The van der Waals surface area contributed by atoms with E-state index in [2.05, 4.69) is 0 Å². The molecule has 2 rings (SSSR count). The zero-order valence-electron chi connectivity index (χ0n) is 9.71. The minimum absolute atomic E-state index is 0.214. The summed E-state index contributed by atoms with van der Waals surface area (Å²) in [7, 11) is -10.6. The highest BCUT2D eigenvalue weighted by Crippen LogP contribution is 2.71.